The van der Waals surface area contributed by atoms with Gasteiger partial charge < -0.3 is 105 Å². The number of nitrogens with zero attached hydrogens (tertiary/aromatic N) is 16. The van der Waals surface area contributed by atoms with Crippen molar-refractivity contribution in [2.45, 2.75) is 182 Å². The molecule has 46 heteroatoms. The fraction of sp³-hybridized carbons (Fsp3) is 0.603. The van der Waals surface area contributed by atoms with E-state index in [-0.39, 0.29) is 39.3 Å². The minimum atomic E-state index is -1.28. The third kappa shape index (κ3) is 22.3. The molecule has 10 aromatic rings. The number of nitrogen functional groups attached to an aromatic ring is 1. The Labute approximate surface area is 727 Å². The van der Waals surface area contributed by atoms with Crippen LogP contribution in [0.25, 0.3) is 55.7 Å². The Morgan fingerprint density at radius 3 is 1.22 bits per heavy atom. The highest BCUT2D eigenvalue weighted by Crippen LogP contribution is 2.46. The molecule has 5 aliphatic heterocycles. The molecule has 16 N–H and O–H groups in total. The van der Waals surface area contributed by atoms with Crippen LogP contribution in [0.1, 0.15) is 86.5 Å². The molecule has 5 aliphatic rings. The lowest BCUT2D eigenvalue weighted by Gasteiger charge is -2.19. The summed E-state index contributed by atoms with van der Waals surface area (Å²) in [6.45, 7) is 22.0. The number of H-pyrrole nitrogens is 4. The molecular weight excluding hydrogens is 1740 g/mol. The first kappa shape index (κ1) is 97.8. The van der Waals surface area contributed by atoms with E-state index in [0.29, 0.717) is 93.1 Å². The van der Waals surface area contributed by atoms with Gasteiger partial charge in [0.25, 0.3) is 16.7 Å². The number of aromatic nitrogens is 19. The van der Waals surface area contributed by atoms with E-state index in [1.165, 1.54) is 30.9 Å². The second-order valence-electron chi connectivity index (χ2n) is 36.2. The smallest absolute Gasteiger partial charge is 0.281 e. The summed E-state index contributed by atoms with van der Waals surface area (Å²) in [5, 5.41) is 105. The van der Waals surface area contributed by atoms with Crippen molar-refractivity contribution < 1.29 is 74.7 Å². The van der Waals surface area contributed by atoms with Crippen LogP contribution in [0, 0.1) is 37.0 Å². The summed E-state index contributed by atoms with van der Waals surface area (Å²) < 4.78 is 39.9. The van der Waals surface area contributed by atoms with Gasteiger partial charge in [-0.1, -0.05) is 24.4 Å². The molecule has 0 bridgehead atoms. The summed E-state index contributed by atoms with van der Waals surface area (Å²) in [6.07, 6.45) is 17.8. The zero-order valence-corrected chi connectivity index (χ0v) is 79.2. The van der Waals surface area contributed by atoms with Crippen molar-refractivity contribution in [3.63, 3.8) is 0 Å². The number of hydrogen-bond donors (Lipinski definition) is 15. The SMILES string of the molecule is C=P(C)(C)CC[C@H]1OC(n2c(N)nc3c(=O)[nH]c(C)nc32)[C@H](O)[C@@H]1O.C=P(C)(C)CC[C@H]1OC(n2ccc3c(=S)nc(C)[nH]c32)[C@H](O)[C@@H]1O.C=P(C)(C)CC[C@H]1OC(n2cnc3c(=O)[nH]c(N(C)C)nc32)[C@H](O)[C@@H]1O.C=P(C)(C)CC[C@H]1OC(n2cnc3c(=O)n(C)c(C)nc32)[C@H](O)[C@@H]1O.C=P(C)(C)CC[C@H]1OC(n2cnc3c(=S)nc(C)[nH]c32)[C@H](O)[C@@H]1O. The second-order valence-corrected chi connectivity index (χ2v) is 58.5. The molecule has 0 aliphatic carbocycles. The number of aliphatic hydroxyl groups is 10. The Morgan fingerprint density at radius 2 is 0.782 bits per heavy atom. The van der Waals surface area contributed by atoms with Crippen LogP contribution >= 0.6 is 58.9 Å². The molecule has 5 unspecified atom stereocenters. The van der Waals surface area contributed by atoms with Crippen LogP contribution in [-0.4, -0.2) is 378 Å². The largest absolute Gasteiger partial charge is 0.388 e. The van der Waals surface area contributed by atoms with E-state index in [9.17, 15) is 65.4 Å². The molecule has 39 nitrogen and oxygen atoms in total. The van der Waals surface area contributed by atoms with Crippen LogP contribution in [0.2, 0.25) is 0 Å². The van der Waals surface area contributed by atoms with Crippen LogP contribution < -0.4 is 27.3 Å². The topological polar surface area (TPSA) is 538 Å². The number of imidazole rings is 4. The van der Waals surface area contributed by atoms with Gasteiger partial charge in [-0.3, -0.25) is 42.2 Å². The molecule has 124 heavy (non-hydrogen) atoms. The molecule has 0 saturated carbocycles. The van der Waals surface area contributed by atoms with Gasteiger partial charge in [0.2, 0.25) is 11.9 Å². The lowest BCUT2D eigenvalue weighted by Crippen LogP contribution is -2.32. The van der Waals surface area contributed by atoms with Crippen molar-refractivity contribution in [3.05, 3.63) is 94.9 Å². The van der Waals surface area contributed by atoms with E-state index in [4.69, 9.17) is 53.9 Å². The quantitative estimate of drug-likeness (QED) is 0.0362. The first-order valence-corrected chi connectivity index (χ1v) is 56.4. The third-order valence-corrected chi connectivity index (χ3v) is 29.9. The van der Waals surface area contributed by atoms with Crippen molar-refractivity contribution in [1.82, 2.24) is 92.2 Å². The Morgan fingerprint density at radius 1 is 0.427 bits per heavy atom. The summed E-state index contributed by atoms with van der Waals surface area (Å²) in [5.41, 5.74) is 8.14. The molecule has 0 radical (unpaired) electrons. The number of ether oxygens (including phenoxy) is 5. The van der Waals surface area contributed by atoms with Gasteiger partial charge in [0, 0.05) is 27.3 Å². The summed E-state index contributed by atoms with van der Waals surface area (Å²) in [4.78, 5) is 87.6. The highest BCUT2D eigenvalue weighted by atomic mass is 32.1. The van der Waals surface area contributed by atoms with Gasteiger partial charge in [0.1, 0.15) is 106 Å². The third-order valence-electron chi connectivity index (χ3n) is 22.0. The van der Waals surface area contributed by atoms with E-state index in [2.05, 4.69) is 163 Å². The Kier molecular flexibility index (Phi) is 30.3. The molecule has 15 rings (SSSR count). The first-order valence-electron chi connectivity index (χ1n) is 40.4. The van der Waals surface area contributed by atoms with Crippen molar-refractivity contribution in [2.75, 3.05) is 122 Å². The van der Waals surface area contributed by atoms with E-state index >= 15 is 0 Å². The predicted molar refractivity (Wildman–Crippen MR) is 501 cm³/mol. The van der Waals surface area contributed by atoms with Crippen molar-refractivity contribution in [2.24, 2.45) is 7.05 Å². The zero-order chi connectivity index (χ0) is 91.5. The van der Waals surface area contributed by atoms with E-state index < -0.39 is 163 Å². The van der Waals surface area contributed by atoms with Crippen molar-refractivity contribution in [3.8, 4) is 0 Å². The van der Waals surface area contributed by atoms with Gasteiger partial charge in [0.05, 0.1) is 54.9 Å². The summed E-state index contributed by atoms with van der Waals surface area (Å²) in [6, 6.07) is 1.85. The van der Waals surface area contributed by atoms with Crippen LogP contribution in [0.4, 0.5) is 11.9 Å². The van der Waals surface area contributed by atoms with E-state index in [1.54, 1.807) is 68.5 Å². The summed E-state index contributed by atoms with van der Waals surface area (Å²) in [5.74, 6) is 2.65. The van der Waals surface area contributed by atoms with Crippen molar-refractivity contribution in [1.29, 1.82) is 0 Å². The number of aliphatic hydroxyl groups excluding tert-OH is 10. The van der Waals surface area contributed by atoms with Gasteiger partial charge in [-0.2, -0.15) is 4.98 Å². The van der Waals surface area contributed by atoms with Gasteiger partial charge >= 0.3 is 0 Å². The number of fused-ring (bicyclic) bond motifs is 5. The van der Waals surface area contributed by atoms with Crippen LogP contribution in [-0.2, 0) is 30.7 Å². The number of nitrogens with two attached hydrogens (primary N) is 1. The Bertz CT molecular complexity index is 5970. The zero-order valence-electron chi connectivity index (χ0n) is 73.1. The summed E-state index contributed by atoms with van der Waals surface area (Å²) in [7, 11) is 5.15. The second kappa shape index (κ2) is 38.5. The minimum absolute atomic E-state index is 0.000452. The fourth-order valence-electron chi connectivity index (χ4n) is 15.0. The number of aromatic amines is 4. The maximum absolute atomic E-state index is 12.3. The normalized spacial score (nSPS) is 27.3. The summed E-state index contributed by atoms with van der Waals surface area (Å²) >= 11 is 10.5. The molecule has 5 fully saturated rings. The molecule has 0 amide bonds. The molecule has 684 valence electrons. The number of nitrogens with one attached hydrogen (secondary N) is 4. The number of anilines is 2. The average Bonchev–Trinajstić information content (AvgIpc) is 1.57. The van der Waals surface area contributed by atoms with E-state index in [0.717, 1.165) is 41.8 Å². The maximum atomic E-state index is 12.3. The molecule has 20 atom stereocenters. The Balaban J connectivity index is 0.000000151. The lowest BCUT2D eigenvalue weighted by molar-refractivity contribution is -0.0353. The highest BCUT2D eigenvalue weighted by molar-refractivity contribution is 7.73. The monoisotopic (exact) mass is 1860 g/mol. The van der Waals surface area contributed by atoms with Crippen LogP contribution in [0.3, 0.4) is 0 Å². The van der Waals surface area contributed by atoms with Crippen LogP contribution in [0.15, 0.2) is 45.6 Å². The lowest BCUT2D eigenvalue weighted by atomic mass is 10.1. The fourth-order valence-corrected chi connectivity index (χ4v) is 20.3. The molecule has 0 spiro atoms. The minimum Gasteiger partial charge on any atom is -0.388 e. The molecule has 0 aromatic carbocycles. The Hall–Kier alpha value is -6.84. The van der Waals surface area contributed by atoms with E-state index in [1.807, 2.05) is 13.0 Å². The number of aryl methyl sites for hydroxylation is 4. The predicted octanol–water partition coefficient (Wildman–Crippen LogP) is 3.43. The van der Waals surface area contributed by atoms with Gasteiger partial charge in [-0.15, -0.1) is 65.9 Å². The highest BCUT2D eigenvalue weighted by Gasteiger charge is 2.49. The van der Waals surface area contributed by atoms with Gasteiger partial charge in [0.15, 0.2) is 69.3 Å². The molecule has 15 heterocycles. The molecule has 5 saturated heterocycles. The average molecular weight is 1860 g/mol. The first-order chi connectivity index (χ1) is 57.6. The number of rotatable bonds is 21. The molecular formula is C78H122N21O18P5S2. The van der Waals surface area contributed by atoms with Crippen LogP contribution in [0.5, 0.6) is 0 Å². The number of hydrogen-bond acceptors (Lipinski definition) is 31. The van der Waals surface area contributed by atoms with Gasteiger partial charge in [-0.05, 0) is 163 Å². The molecule has 10 aromatic heterocycles. The maximum Gasteiger partial charge on any atom is 0.281 e. The van der Waals surface area contributed by atoms with Gasteiger partial charge in [-0.25, -0.2) is 39.9 Å². The van der Waals surface area contributed by atoms with Crippen molar-refractivity contribution >= 4 is 158 Å². The standard InChI is InChI=1S/C16H26N5O4P.C16H25N4O4P.C16H24N3O3PS.C15H24N5O4P.C15H23N4O3PS/c1-20(2)16-18-13-10(14(24)19-16)17-8-21(13)15-12(23)11(22)9(25-15)6-7-26(3,4)5;1-9-18-14-11(15(23)19(9)2)17-8-20(14)16-13(22)12(21)10(24-16)6-7-25(3,4)5;1-9-17-14-10(15(24)18-9)5-7-19(14)16-13(21)12(20)11(22-16)6-8-23(2,3)4;1-7-17-12-9(13(23)18-7)19-15(16)20(12)14-11(22)10(21)8(24-14)5-6-25(2,3)4;1-8-17-13-10(14(24)18-8)16-7-19(13)15-12(21)11(20)9(22-15)5-6-23(2,3)4/h8-9,11-12,15,22-23H,3,6-7H2,1-2,4-5H3,(H,18,19,24);8,10,12-13,16,21-22H,3,6-7H2,1-2,4-5H3;5,7,11-13,16,20-21H,2,6,8H2,1,3-4H3,(H,17,18,24);8,10-11,14,21-22H,2,5-6H2,1,3-4H3,(H2,16,19)(H,17,18,23);7,9,11-12,15,20-21H,2,5-6H2,1,3-4H3,(H,17,18,24)/t9-,11-,12-,15?;10-,12-,13-,16?;11-,12-,13-,16?;8-,10-,11-,14?;9-,11-,12-,15?/m11111/s1.